The number of aryl methyl sites for hydroxylation is 1. The van der Waals surface area contributed by atoms with Gasteiger partial charge in [0, 0.05) is 37.4 Å². The molecule has 1 saturated carbocycles. The van der Waals surface area contributed by atoms with Gasteiger partial charge < -0.3 is 10.2 Å². The first-order valence-corrected chi connectivity index (χ1v) is 8.96. The van der Waals surface area contributed by atoms with Gasteiger partial charge in [0.25, 0.3) is 5.91 Å². The number of carbonyl (C=O) groups is 1. The van der Waals surface area contributed by atoms with Crippen molar-refractivity contribution in [3.05, 3.63) is 40.5 Å². The Kier molecular flexibility index (Phi) is 3.77. The molecule has 0 aromatic carbocycles. The summed E-state index contributed by atoms with van der Waals surface area (Å²) in [6, 6.07) is 2.41. The van der Waals surface area contributed by atoms with Crippen LogP contribution in [-0.4, -0.2) is 39.9 Å². The maximum atomic E-state index is 12.7. The van der Waals surface area contributed by atoms with Crippen LogP contribution in [0.4, 0.5) is 5.82 Å². The smallest absolute Gasteiger partial charge is 0.264 e. The second-order valence-electron chi connectivity index (χ2n) is 6.49. The van der Waals surface area contributed by atoms with E-state index < -0.39 is 0 Å². The molecule has 1 amide bonds. The highest BCUT2D eigenvalue weighted by molar-refractivity contribution is 7.12. The van der Waals surface area contributed by atoms with Crippen molar-refractivity contribution in [1.82, 2.24) is 14.9 Å². The summed E-state index contributed by atoms with van der Waals surface area (Å²) in [6.45, 7) is 3.75. The average molecular weight is 328 g/mol. The van der Waals surface area contributed by atoms with Gasteiger partial charge in [-0.1, -0.05) is 0 Å². The standard InChI is InChI=1S/C17H20N4OS/c1-11-4-7-23-16(11)17(22)21-9-12-2-3-14(13(12)10-21)20-15-8-18-5-6-19-15/h4-8,12-14H,2-3,9-10H2,1H3,(H,19,20)/t12-,13+,14-/m1/s1. The first-order chi connectivity index (χ1) is 11.2. The minimum atomic E-state index is 0.199. The fourth-order valence-electron chi connectivity index (χ4n) is 3.91. The quantitative estimate of drug-likeness (QED) is 0.941. The Morgan fingerprint density at radius 2 is 2.26 bits per heavy atom. The third-order valence-corrected chi connectivity index (χ3v) is 6.10. The summed E-state index contributed by atoms with van der Waals surface area (Å²) in [5.74, 6) is 2.15. The Balaban J connectivity index is 1.45. The van der Waals surface area contributed by atoms with E-state index in [9.17, 15) is 4.79 Å². The number of aromatic nitrogens is 2. The molecule has 0 spiro atoms. The maximum absolute atomic E-state index is 12.7. The van der Waals surface area contributed by atoms with Gasteiger partial charge in [-0.3, -0.25) is 9.78 Å². The lowest BCUT2D eigenvalue weighted by molar-refractivity contribution is 0.0784. The molecule has 23 heavy (non-hydrogen) atoms. The van der Waals surface area contributed by atoms with E-state index in [1.807, 2.05) is 23.3 Å². The predicted octanol–water partition coefficient (Wildman–Crippen LogP) is 2.81. The predicted molar refractivity (Wildman–Crippen MR) is 90.6 cm³/mol. The van der Waals surface area contributed by atoms with Crippen LogP contribution in [0.1, 0.15) is 28.1 Å². The second kappa shape index (κ2) is 5.92. The zero-order chi connectivity index (χ0) is 15.8. The van der Waals surface area contributed by atoms with Crippen LogP contribution in [0.15, 0.2) is 30.0 Å². The average Bonchev–Trinajstić information content (AvgIpc) is 3.25. The van der Waals surface area contributed by atoms with E-state index in [-0.39, 0.29) is 5.91 Å². The Hall–Kier alpha value is -1.95. The number of rotatable bonds is 3. The minimum Gasteiger partial charge on any atom is -0.366 e. The van der Waals surface area contributed by atoms with Crippen LogP contribution in [-0.2, 0) is 0 Å². The van der Waals surface area contributed by atoms with Crippen molar-refractivity contribution in [2.24, 2.45) is 11.8 Å². The molecule has 2 fully saturated rings. The normalized spacial score (nSPS) is 26.3. The Bertz CT molecular complexity index is 702. The van der Waals surface area contributed by atoms with Gasteiger partial charge in [-0.05, 0) is 42.7 Å². The van der Waals surface area contributed by atoms with Crippen molar-refractivity contribution in [2.45, 2.75) is 25.8 Å². The first kappa shape index (κ1) is 14.6. The number of carbonyl (C=O) groups excluding carboxylic acids is 1. The number of hydrogen-bond donors (Lipinski definition) is 1. The summed E-state index contributed by atoms with van der Waals surface area (Å²) < 4.78 is 0. The zero-order valence-corrected chi connectivity index (χ0v) is 13.9. The number of hydrogen-bond acceptors (Lipinski definition) is 5. The summed E-state index contributed by atoms with van der Waals surface area (Å²) >= 11 is 1.55. The van der Waals surface area contributed by atoms with Crippen molar-refractivity contribution in [2.75, 3.05) is 18.4 Å². The maximum Gasteiger partial charge on any atom is 0.264 e. The van der Waals surface area contributed by atoms with Gasteiger partial charge in [0.15, 0.2) is 0 Å². The highest BCUT2D eigenvalue weighted by atomic mass is 32.1. The van der Waals surface area contributed by atoms with E-state index in [1.54, 1.807) is 29.9 Å². The van der Waals surface area contributed by atoms with Gasteiger partial charge in [0.2, 0.25) is 0 Å². The van der Waals surface area contributed by atoms with Crippen LogP contribution >= 0.6 is 11.3 Å². The van der Waals surface area contributed by atoms with Crippen LogP contribution < -0.4 is 5.32 Å². The van der Waals surface area contributed by atoms with Gasteiger partial charge >= 0.3 is 0 Å². The van der Waals surface area contributed by atoms with Crippen molar-refractivity contribution in [3.8, 4) is 0 Å². The molecule has 1 aliphatic carbocycles. The molecule has 1 saturated heterocycles. The fourth-order valence-corrected chi connectivity index (χ4v) is 4.80. The van der Waals surface area contributed by atoms with Gasteiger partial charge in [0.05, 0.1) is 11.1 Å². The van der Waals surface area contributed by atoms with E-state index in [2.05, 4.69) is 15.3 Å². The zero-order valence-electron chi connectivity index (χ0n) is 13.1. The topological polar surface area (TPSA) is 58.1 Å². The molecular formula is C17H20N4OS. The number of amides is 1. The van der Waals surface area contributed by atoms with Crippen molar-refractivity contribution in [3.63, 3.8) is 0 Å². The van der Waals surface area contributed by atoms with Gasteiger partial charge in [-0.25, -0.2) is 4.98 Å². The molecule has 4 rings (SSSR count). The van der Waals surface area contributed by atoms with E-state index in [0.717, 1.165) is 35.8 Å². The van der Waals surface area contributed by atoms with Crippen molar-refractivity contribution >= 4 is 23.1 Å². The van der Waals surface area contributed by atoms with Crippen LogP contribution in [0.25, 0.3) is 0 Å². The number of thiophene rings is 1. The molecule has 1 N–H and O–H groups in total. The SMILES string of the molecule is Cc1ccsc1C(=O)N1C[C@H]2CC[C@@H](Nc3cnccn3)[C@H]2C1. The van der Waals surface area contributed by atoms with Gasteiger partial charge in [-0.2, -0.15) is 0 Å². The summed E-state index contributed by atoms with van der Waals surface area (Å²) in [7, 11) is 0. The molecule has 6 heteroatoms. The van der Waals surface area contributed by atoms with Gasteiger partial charge in [-0.15, -0.1) is 11.3 Å². The molecule has 3 heterocycles. The van der Waals surface area contributed by atoms with Crippen LogP contribution in [0.5, 0.6) is 0 Å². The lowest BCUT2D eigenvalue weighted by Gasteiger charge is -2.22. The lowest BCUT2D eigenvalue weighted by atomic mass is 9.98. The van der Waals surface area contributed by atoms with E-state index in [4.69, 9.17) is 0 Å². The molecule has 5 nitrogen and oxygen atoms in total. The monoisotopic (exact) mass is 328 g/mol. The van der Waals surface area contributed by atoms with E-state index in [1.165, 1.54) is 6.42 Å². The molecule has 2 aromatic rings. The van der Waals surface area contributed by atoms with Crippen LogP contribution in [0.3, 0.4) is 0 Å². The molecule has 3 atom stereocenters. The minimum absolute atomic E-state index is 0.199. The lowest BCUT2D eigenvalue weighted by Crippen LogP contribution is -2.33. The summed E-state index contributed by atoms with van der Waals surface area (Å²) in [6.07, 6.45) is 7.47. The number of nitrogens with zero attached hydrogens (tertiary/aromatic N) is 3. The summed E-state index contributed by atoms with van der Waals surface area (Å²) in [5.41, 5.74) is 1.09. The largest absolute Gasteiger partial charge is 0.366 e. The second-order valence-corrected chi connectivity index (χ2v) is 7.40. The molecule has 120 valence electrons. The summed E-state index contributed by atoms with van der Waals surface area (Å²) in [4.78, 5) is 24.1. The Morgan fingerprint density at radius 1 is 1.35 bits per heavy atom. The highest BCUT2D eigenvalue weighted by Gasteiger charge is 2.44. The Morgan fingerprint density at radius 3 is 3.00 bits per heavy atom. The summed E-state index contributed by atoms with van der Waals surface area (Å²) in [5, 5.41) is 5.51. The van der Waals surface area contributed by atoms with E-state index in [0.29, 0.717) is 17.9 Å². The van der Waals surface area contributed by atoms with Crippen molar-refractivity contribution in [1.29, 1.82) is 0 Å². The molecular weight excluding hydrogens is 308 g/mol. The third kappa shape index (κ3) is 2.72. The fraction of sp³-hybridized carbons (Fsp3) is 0.471. The van der Waals surface area contributed by atoms with Crippen LogP contribution in [0.2, 0.25) is 0 Å². The number of nitrogens with one attached hydrogen (secondary N) is 1. The molecule has 1 aliphatic heterocycles. The number of likely N-dealkylation sites (tertiary alicyclic amines) is 1. The highest BCUT2D eigenvalue weighted by Crippen LogP contribution is 2.40. The molecule has 0 radical (unpaired) electrons. The molecule has 0 unspecified atom stereocenters. The van der Waals surface area contributed by atoms with Crippen LogP contribution in [0, 0.1) is 18.8 Å². The number of fused-ring (bicyclic) bond motifs is 1. The molecule has 2 aliphatic rings. The van der Waals surface area contributed by atoms with Crippen molar-refractivity contribution < 1.29 is 4.79 Å². The number of anilines is 1. The Labute approximate surface area is 139 Å². The van der Waals surface area contributed by atoms with E-state index >= 15 is 0 Å². The first-order valence-electron chi connectivity index (χ1n) is 8.08. The molecule has 2 aromatic heterocycles. The third-order valence-electron chi connectivity index (χ3n) is 5.10. The molecule has 0 bridgehead atoms. The van der Waals surface area contributed by atoms with Gasteiger partial charge in [0.1, 0.15) is 5.82 Å².